The van der Waals surface area contributed by atoms with Crippen LogP contribution in [0, 0.1) is 0 Å². The van der Waals surface area contributed by atoms with Crippen LogP contribution in [0.1, 0.15) is 36.2 Å². The van der Waals surface area contributed by atoms with E-state index in [0.29, 0.717) is 11.3 Å². The van der Waals surface area contributed by atoms with Crippen LogP contribution in [0.3, 0.4) is 0 Å². The molecule has 2 aromatic rings. The molecule has 0 aliphatic carbocycles. The van der Waals surface area contributed by atoms with E-state index in [1.54, 1.807) is 24.3 Å². The molecule has 1 unspecified atom stereocenters. The van der Waals surface area contributed by atoms with Crippen LogP contribution in [0.5, 0.6) is 5.75 Å². The van der Waals surface area contributed by atoms with Crippen LogP contribution < -0.4 is 15.4 Å². The Bertz CT molecular complexity index is 807. The van der Waals surface area contributed by atoms with E-state index in [1.807, 2.05) is 13.8 Å². The van der Waals surface area contributed by atoms with Crippen molar-refractivity contribution in [2.75, 3.05) is 5.32 Å². The number of thiocarbonyl (C=S) groups is 1. The average Bonchev–Trinajstić information content (AvgIpc) is 2.61. The van der Waals surface area contributed by atoms with Crippen LogP contribution in [-0.2, 0) is 6.18 Å². The van der Waals surface area contributed by atoms with Crippen molar-refractivity contribution < 1.29 is 22.7 Å². The Morgan fingerprint density at radius 2 is 1.85 bits per heavy atom. The van der Waals surface area contributed by atoms with Crippen molar-refractivity contribution in [1.82, 2.24) is 5.32 Å². The molecule has 144 valence electrons. The first-order valence-corrected chi connectivity index (χ1v) is 8.66. The second-order valence-electron chi connectivity index (χ2n) is 5.85. The van der Waals surface area contributed by atoms with Gasteiger partial charge in [-0.1, -0.05) is 13.0 Å². The second-order valence-corrected chi connectivity index (χ2v) is 6.26. The van der Waals surface area contributed by atoms with Crippen molar-refractivity contribution >= 4 is 28.9 Å². The van der Waals surface area contributed by atoms with Crippen molar-refractivity contribution in [3.05, 3.63) is 59.7 Å². The van der Waals surface area contributed by atoms with Crippen LogP contribution in [0.4, 0.5) is 18.9 Å². The van der Waals surface area contributed by atoms with Crippen molar-refractivity contribution in [2.45, 2.75) is 32.5 Å². The Hall–Kier alpha value is -2.61. The maximum Gasteiger partial charge on any atom is 0.416 e. The minimum absolute atomic E-state index is 0.0638. The fraction of sp³-hybridized carbons (Fsp3) is 0.263. The van der Waals surface area contributed by atoms with Gasteiger partial charge in [0.15, 0.2) is 5.11 Å². The van der Waals surface area contributed by atoms with Gasteiger partial charge < -0.3 is 10.1 Å². The van der Waals surface area contributed by atoms with Crippen molar-refractivity contribution in [3.8, 4) is 5.75 Å². The Balaban J connectivity index is 1.96. The van der Waals surface area contributed by atoms with Gasteiger partial charge in [-0.05, 0) is 68.0 Å². The maximum atomic E-state index is 12.7. The van der Waals surface area contributed by atoms with Gasteiger partial charge in [0.2, 0.25) is 0 Å². The summed E-state index contributed by atoms with van der Waals surface area (Å²) in [6, 6.07) is 11.1. The Labute approximate surface area is 160 Å². The topological polar surface area (TPSA) is 50.4 Å². The van der Waals surface area contributed by atoms with Gasteiger partial charge in [0, 0.05) is 11.3 Å². The lowest BCUT2D eigenvalue weighted by Gasteiger charge is -2.13. The van der Waals surface area contributed by atoms with Crippen molar-refractivity contribution in [2.24, 2.45) is 0 Å². The summed E-state index contributed by atoms with van der Waals surface area (Å²) in [6.07, 6.45) is -3.53. The van der Waals surface area contributed by atoms with Gasteiger partial charge in [-0.3, -0.25) is 10.1 Å². The van der Waals surface area contributed by atoms with Crippen molar-refractivity contribution in [1.29, 1.82) is 0 Å². The number of benzene rings is 2. The van der Waals surface area contributed by atoms with E-state index in [1.165, 1.54) is 12.1 Å². The lowest BCUT2D eigenvalue weighted by Crippen LogP contribution is -2.34. The molecule has 0 saturated heterocycles. The van der Waals surface area contributed by atoms with E-state index in [2.05, 4.69) is 10.6 Å². The number of hydrogen-bond acceptors (Lipinski definition) is 3. The lowest BCUT2D eigenvalue weighted by atomic mass is 10.2. The van der Waals surface area contributed by atoms with Gasteiger partial charge in [-0.15, -0.1) is 0 Å². The molecule has 0 radical (unpaired) electrons. The van der Waals surface area contributed by atoms with Crippen molar-refractivity contribution in [3.63, 3.8) is 0 Å². The zero-order valence-electron chi connectivity index (χ0n) is 14.8. The van der Waals surface area contributed by atoms with E-state index in [9.17, 15) is 18.0 Å². The van der Waals surface area contributed by atoms with E-state index >= 15 is 0 Å². The van der Waals surface area contributed by atoms with E-state index in [-0.39, 0.29) is 16.9 Å². The zero-order valence-corrected chi connectivity index (χ0v) is 15.6. The summed E-state index contributed by atoms with van der Waals surface area (Å²) in [4.78, 5) is 12.2. The Kier molecular flexibility index (Phi) is 6.79. The molecule has 0 bridgehead atoms. The van der Waals surface area contributed by atoms with Gasteiger partial charge in [-0.2, -0.15) is 13.2 Å². The summed E-state index contributed by atoms with van der Waals surface area (Å²) in [5.41, 5.74) is -0.328. The van der Waals surface area contributed by atoms with Crippen LogP contribution >= 0.6 is 12.2 Å². The number of ether oxygens (including phenoxy) is 1. The first-order valence-electron chi connectivity index (χ1n) is 8.25. The average molecular weight is 396 g/mol. The molecule has 0 aromatic heterocycles. The predicted molar refractivity (Wildman–Crippen MR) is 102 cm³/mol. The molecule has 4 nitrogen and oxygen atoms in total. The molecule has 0 spiro atoms. The smallest absolute Gasteiger partial charge is 0.416 e. The molecule has 0 aliphatic heterocycles. The molecule has 2 aromatic carbocycles. The minimum atomic E-state index is -4.46. The molecule has 27 heavy (non-hydrogen) atoms. The molecular weight excluding hydrogens is 377 g/mol. The van der Waals surface area contributed by atoms with Crippen LogP contribution in [-0.4, -0.2) is 17.1 Å². The third-order valence-corrected chi connectivity index (χ3v) is 3.91. The predicted octanol–water partition coefficient (Wildman–Crippen LogP) is 5.01. The van der Waals surface area contributed by atoms with Gasteiger partial charge in [0.25, 0.3) is 5.91 Å². The van der Waals surface area contributed by atoms with Gasteiger partial charge >= 0.3 is 6.18 Å². The summed E-state index contributed by atoms with van der Waals surface area (Å²) in [5, 5.41) is 4.91. The fourth-order valence-corrected chi connectivity index (χ4v) is 2.32. The highest BCUT2D eigenvalue weighted by Crippen LogP contribution is 2.30. The highest BCUT2D eigenvalue weighted by Gasteiger charge is 2.30. The quantitative estimate of drug-likeness (QED) is 0.698. The largest absolute Gasteiger partial charge is 0.491 e. The molecule has 1 atom stereocenters. The lowest BCUT2D eigenvalue weighted by molar-refractivity contribution is -0.137. The molecule has 1 amide bonds. The summed E-state index contributed by atoms with van der Waals surface area (Å²) in [5.74, 6) is 0.167. The number of anilines is 1. The SMILES string of the molecule is CCC(C)Oc1ccc(C(=O)NC(=S)Nc2cccc(C(F)(F)F)c2)cc1. The molecule has 0 aliphatic rings. The molecule has 0 heterocycles. The number of halogens is 3. The molecule has 2 rings (SSSR count). The normalized spacial score (nSPS) is 12.2. The van der Waals surface area contributed by atoms with Crippen LogP contribution in [0.2, 0.25) is 0 Å². The summed E-state index contributed by atoms with van der Waals surface area (Å²) < 4.78 is 43.8. The first-order chi connectivity index (χ1) is 12.7. The molecule has 8 heteroatoms. The fourth-order valence-electron chi connectivity index (χ4n) is 2.11. The molecule has 0 saturated carbocycles. The number of carbonyl (C=O) groups excluding carboxylic acids is 1. The zero-order chi connectivity index (χ0) is 20.0. The minimum Gasteiger partial charge on any atom is -0.491 e. The van der Waals surface area contributed by atoms with Gasteiger partial charge in [0.05, 0.1) is 11.7 Å². The Morgan fingerprint density at radius 3 is 2.44 bits per heavy atom. The van der Waals surface area contributed by atoms with E-state index in [4.69, 9.17) is 17.0 Å². The molecule has 2 N–H and O–H groups in total. The third-order valence-electron chi connectivity index (χ3n) is 3.70. The van der Waals surface area contributed by atoms with Crippen LogP contribution in [0.25, 0.3) is 0 Å². The number of amides is 1. The third kappa shape index (κ3) is 6.25. The molecular formula is C19H19F3N2O2S. The van der Waals surface area contributed by atoms with Crippen LogP contribution in [0.15, 0.2) is 48.5 Å². The second kappa shape index (κ2) is 8.85. The van der Waals surface area contributed by atoms with E-state index < -0.39 is 17.6 Å². The number of nitrogens with one attached hydrogen (secondary N) is 2. The number of hydrogen-bond donors (Lipinski definition) is 2. The van der Waals surface area contributed by atoms with E-state index in [0.717, 1.165) is 18.6 Å². The van der Waals surface area contributed by atoms with Gasteiger partial charge in [-0.25, -0.2) is 0 Å². The highest BCUT2D eigenvalue weighted by atomic mass is 32.1. The standard InChI is InChI=1S/C19H19F3N2O2S/c1-3-12(2)26-16-9-7-13(8-10-16)17(25)24-18(27)23-15-6-4-5-14(11-15)19(20,21)22/h4-12H,3H2,1-2H3,(H2,23,24,25,27). The van der Waals surface area contributed by atoms with Gasteiger partial charge in [0.1, 0.15) is 5.75 Å². The number of carbonyl (C=O) groups is 1. The first kappa shape index (κ1) is 20.7. The summed E-state index contributed by atoms with van der Waals surface area (Å²) in [7, 11) is 0. The summed E-state index contributed by atoms with van der Waals surface area (Å²) >= 11 is 5.00. The maximum absolute atomic E-state index is 12.7. The summed E-state index contributed by atoms with van der Waals surface area (Å²) in [6.45, 7) is 3.95. The number of alkyl halides is 3. The Morgan fingerprint density at radius 1 is 1.19 bits per heavy atom. The highest BCUT2D eigenvalue weighted by molar-refractivity contribution is 7.80. The number of rotatable bonds is 5. The monoisotopic (exact) mass is 396 g/mol. The molecule has 0 fully saturated rings.